The third-order valence-electron chi connectivity index (χ3n) is 4.92. The number of pyridine rings is 2. The van der Waals surface area contributed by atoms with Gasteiger partial charge in [0.2, 0.25) is 11.3 Å². The Bertz CT molecular complexity index is 1440. The topological polar surface area (TPSA) is 125 Å². The highest BCUT2D eigenvalue weighted by molar-refractivity contribution is 6.34. The molecular formula is C24H20ClFN6O3. The van der Waals surface area contributed by atoms with Crippen molar-refractivity contribution < 1.29 is 13.9 Å². The molecule has 0 aliphatic carbocycles. The number of benzene rings is 1. The van der Waals surface area contributed by atoms with Crippen LogP contribution in [0.25, 0.3) is 11.3 Å². The van der Waals surface area contributed by atoms with Crippen LogP contribution in [0.5, 0.6) is 11.6 Å². The summed E-state index contributed by atoms with van der Waals surface area (Å²) in [6.07, 6.45) is 4.20. The molecule has 0 atom stereocenters. The van der Waals surface area contributed by atoms with Gasteiger partial charge in [-0.2, -0.15) is 5.10 Å². The molecule has 178 valence electrons. The van der Waals surface area contributed by atoms with Crippen molar-refractivity contribution in [1.29, 1.82) is 0 Å². The molecule has 1 amide bonds. The second-order valence-electron chi connectivity index (χ2n) is 7.75. The number of hydrogen-bond acceptors (Lipinski definition) is 7. The first kappa shape index (κ1) is 23.8. The van der Waals surface area contributed by atoms with E-state index in [2.05, 4.69) is 20.4 Å². The summed E-state index contributed by atoms with van der Waals surface area (Å²) >= 11 is 6.07. The standard InChI is InChI=1S/C24H20ClFN6O3/c1-13(2)32-12-17(22(33)21(31-32)14-3-5-15(26)6-4-14)24(34)30-16-7-8-19(29-11-16)35-18-9-10-28-23(27)20(18)25/h3-13H,1-2H3,(H2,27,28)(H,30,34). The molecule has 4 aromatic rings. The van der Waals surface area contributed by atoms with Gasteiger partial charge in [-0.25, -0.2) is 14.4 Å². The molecule has 0 bridgehead atoms. The lowest BCUT2D eigenvalue weighted by molar-refractivity contribution is 0.102. The molecule has 3 N–H and O–H groups in total. The van der Waals surface area contributed by atoms with Crippen LogP contribution >= 0.6 is 11.6 Å². The number of amides is 1. The van der Waals surface area contributed by atoms with Gasteiger partial charge in [-0.1, -0.05) is 11.6 Å². The summed E-state index contributed by atoms with van der Waals surface area (Å²) in [6.45, 7) is 3.72. The smallest absolute Gasteiger partial charge is 0.261 e. The Hall–Kier alpha value is -4.31. The van der Waals surface area contributed by atoms with E-state index in [4.69, 9.17) is 22.1 Å². The molecule has 1 aromatic carbocycles. The predicted octanol–water partition coefficient (Wildman–Crippen LogP) is 4.70. The Balaban J connectivity index is 1.59. The molecule has 0 saturated carbocycles. The van der Waals surface area contributed by atoms with Crippen LogP contribution < -0.4 is 21.2 Å². The molecule has 3 heterocycles. The molecule has 0 spiro atoms. The second-order valence-corrected chi connectivity index (χ2v) is 8.13. The minimum Gasteiger partial charge on any atom is -0.437 e. The van der Waals surface area contributed by atoms with Crippen molar-refractivity contribution in [3.63, 3.8) is 0 Å². The first-order chi connectivity index (χ1) is 16.7. The number of anilines is 2. The van der Waals surface area contributed by atoms with E-state index in [0.29, 0.717) is 11.3 Å². The number of aromatic nitrogens is 4. The summed E-state index contributed by atoms with van der Waals surface area (Å²) in [6, 6.07) is 9.82. The fourth-order valence-corrected chi connectivity index (χ4v) is 3.23. The molecule has 35 heavy (non-hydrogen) atoms. The third kappa shape index (κ3) is 5.28. The van der Waals surface area contributed by atoms with Gasteiger partial charge < -0.3 is 15.8 Å². The molecule has 11 heteroatoms. The summed E-state index contributed by atoms with van der Waals surface area (Å²) < 4.78 is 20.5. The van der Waals surface area contributed by atoms with Gasteiger partial charge in [0.15, 0.2) is 5.75 Å². The van der Waals surface area contributed by atoms with E-state index in [1.165, 1.54) is 59.7 Å². The zero-order valence-corrected chi connectivity index (χ0v) is 19.5. The monoisotopic (exact) mass is 494 g/mol. The first-order valence-electron chi connectivity index (χ1n) is 10.5. The summed E-state index contributed by atoms with van der Waals surface area (Å²) in [5, 5.41) is 7.14. The molecular weight excluding hydrogens is 475 g/mol. The highest BCUT2D eigenvalue weighted by Crippen LogP contribution is 2.31. The minimum absolute atomic E-state index is 0.0433. The molecule has 0 unspecified atom stereocenters. The maximum absolute atomic E-state index is 13.4. The lowest BCUT2D eigenvalue weighted by Crippen LogP contribution is -2.27. The minimum atomic E-state index is -0.643. The van der Waals surface area contributed by atoms with Gasteiger partial charge in [-0.3, -0.25) is 14.3 Å². The SMILES string of the molecule is CC(C)n1cc(C(=O)Nc2ccc(Oc3ccnc(N)c3Cl)nc2)c(=O)c(-c2ccc(F)cc2)n1. The third-order valence-corrected chi connectivity index (χ3v) is 5.30. The number of ether oxygens (including phenoxy) is 1. The number of carbonyl (C=O) groups excluding carboxylic acids is 1. The van der Waals surface area contributed by atoms with E-state index in [1.54, 1.807) is 6.07 Å². The van der Waals surface area contributed by atoms with E-state index in [9.17, 15) is 14.0 Å². The highest BCUT2D eigenvalue weighted by Gasteiger charge is 2.19. The fraction of sp³-hybridized carbons (Fsp3) is 0.125. The highest BCUT2D eigenvalue weighted by atomic mass is 35.5. The van der Waals surface area contributed by atoms with Crippen molar-refractivity contribution in [2.24, 2.45) is 0 Å². The van der Waals surface area contributed by atoms with E-state index in [0.717, 1.165) is 0 Å². The molecule has 0 radical (unpaired) electrons. The lowest BCUT2D eigenvalue weighted by atomic mass is 10.1. The number of rotatable bonds is 6. The number of carbonyl (C=O) groups is 1. The molecule has 0 aliphatic rings. The number of nitrogens with two attached hydrogens (primary N) is 1. The van der Waals surface area contributed by atoms with Gasteiger partial charge in [-0.15, -0.1) is 0 Å². The Morgan fingerprint density at radius 3 is 2.54 bits per heavy atom. The molecule has 0 saturated heterocycles. The van der Waals surface area contributed by atoms with Crippen molar-refractivity contribution in [3.05, 3.63) is 87.7 Å². The van der Waals surface area contributed by atoms with E-state index < -0.39 is 17.2 Å². The maximum atomic E-state index is 13.4. The van der Waals surface area contributed by atoms with Crippen molar-refractivity contribution >= 4 is 29.0 Å². The summed E-state index contributed by atoms with van der Waals surface area (Å²) in [4.78, 5) is 34.1. The zero-order chi connectivity index (χ0) is 25.1. The Kier molecular flexibility index (Phi) is 6.74. The summed E-state index contributed by atoms with van der Waals surface area (Å²) in [5.74, 6) is -0.475. The van der Waals surface area contributed by atoms with Crippen molar-refractivity contribution in [2.45, 2.75) is 19.9 Å². The molecule has 0 aliphatic heterocycles. The average molecular weight is 495 g/mol. The average Bonchev–Trinajstić information content (AvgIpc) is 2.84. The first-order valence-corrected chi connectivity index (χ1v) is 10.9. The molecule has 0 fully saturated rings. The number of halogens is 2. The van der Waals surface area contributed by atoms with E-state index in [-0.39, 0.29) is 39.8 Å². The van der Waals surface area contributed by atoms with Gasteiger partial charge in [-0.05, 0) is 44.2 Å². The zero-order valence-electron chi connectivity index (χ0n) is 18.7. The number of nitrogens with zero attached hydrogens (tertiary/aromatic N) is 4. The largest absolute Gasteiger partial charge is 0.437 e. The van der Waals surface area contributed by atoms with Crippen molar-refractivity contribution in [2.75, 3.05) is 11.1 Å². The predicted molar refractivity (Wildman–Crippen MR) is 130 cm³/mol. The van der Waals surface area contributed by atoms with Crippen LogP contribution in [0.3, 0.4) is 0 Å². The number of nitrogen functional groups attached to an aromatic ring is 1. The normalized spacial score (nSPS) is 10.9. The maximum Gasteiger partial charge on any atom is 0.261 e. The van der Waals surface area contributed by atoms with Crippen molar-refractivity contribution in [1.82, 2.24) is 19.7 Å². The van der Waals surface area contributed by atoms with Gasteiger partial charge in [0.05, 0.1) is 11.9 Å². The van der Waals surface area contributed by atoms with Gasteiger partial charge in [0, 0.05) is 36.1 Å². The molecule has 3 aromatic heterocycles. The quantitative estimate of drug-likeness (QED) is 0.398. The van der Waals surface area contributed by atoms with Crippen LogP contribution in [-0.4, -0.2) is 25.7 Å². The molecule has 9 nitrogen and oxygen atoms in total. The van der Waals surface area contributed by atoms with Crippen LogP contribution in [0.2, 0.25) is 5.02 Å². The van der Waals surface area contributed by atoms with Crippen LogP contribution in [0.1, 0.15) is 30.2 Å². The summed E-state index contributed by atoms with van der Waals surface area (Å²) in [7, 11) is 0. The second kappa shape index (κ2) is 9.90. The van der Waals surface area contributed by atoms with E-state index in [1.807, 2.05) is 13.8 Å². The fourth-order valence-electron chi connectivity index (χ4n) is 3.08. The van der Waals surface area contributed by atoms with Crippen molar-refractivity contribution in [3.8, 4) is 22.9 Å². The number of hydrogen-bond donors (Lipinski definition) is 2. The van der Waals surface area contributed by atoms with Crippen LogP contribution in [0, 0.1) is 5.82 Å². The lowest BCUT2D eigenvalue weighted by Gasteiger charge is -2.14. The van der Waals surface area contributed by atoms with Crippen LogP contribution in [0.4, 0.5) is 15.9 Å². The van der Waals surface area contributed by atoms with Gasteiger partial charge in [0.1, 0.15) is 27.9 Å². The Morgan fingerprint density at radius 2 is 1.89 bits per heavy atom. The number of nitrogens with one attached hydrogen (secondary N) is 1. The Labute approximate surface area is 204 Å². The van der Waals surface area contributed by atoms with Gasteiger partial charge >= 0.3 is 0 Å². The van der Waals surface area contributed by atoms with Gasteiger partial charge in [0.25, 0.3) is 5.91 Å². The van der Waals surface area contributed by atoms with Crippen LogP contribution in [0.15, 0.2) is 65.8 Å². The summed E-state index contributed by atoms with van der Waals surface area (Å²) in [5.41, 5.74) is 5.74. The molecule has 4 rings (SSSR count). The van der Waals surface area contributed by atoms with E-state index >= 15 is 0 Å². The van der Waals surface area contributed by atoms with Crippen LogP contribution in [-0.2, 0) is 0 Å². The Morgan fingerprint density at radius 1 is 1.14 bits per heavy atom.